The number of thiazole rings is 1. The summed E-state index contributed by atoms with van der Waals surface area (Å²) in [6.07, 6.45) is 4.13. The molecule has 158 valence electrons. The predicted octanol–water partition coefficient (Wildman–Crippen LogP) is 5.30. The molecule has 0 saturated carbocycles. The molecule has 0 amide bonds. The number of carboxylic acid groups (broad SMARTS) is 1. The molecule has 30 heavy (non-hydrogen) atoms. The van der Waals surface area contributed by atoms with E-state index in [4.69, 9.17) is 4.74 Å². The van der Waals surface area contributed by atoms with Gasteiger partial charge in [-0.15, -0.1) is 11.3 Å². The number of carbonyl (C=O) groups is 1. The highest BCUT2D eigenvalue weighted by atomic mass is 32.2. The van der Waals surface area contributed by atoms with Gasteiger partial charge in [0.2, 0.25) is 0 Å². The minimum Gasteiger partial charge on any atom is -0.480 e. The van der Waals surface area contributed by atoms with Gasteiger partial charge in [0.1, 0.15) is 4.75 Å². The average Bonchev–Trinajstić information content (AvgIpc) is 3.15. The molecular weight excluding hydrogens is 418 g/mol. The van der Waals surface area contributed by atoms with Crippen LogP contribution in [0.1, 0.15) is 44.9 Å². The molecule has 0 spiro atoms. The zero-order valence-corrected chi connectivity index (χ0v) is 19.1. The van der Waals surface area contributed by atoms with E-state index in [1.165, 1.54) is 28.7 Å². The lowest BCUT2D eigenvalue weighted by atomic mass is 10.00. The number of benzene rings is 1. The second-order valence-electron chi connectivity index (χ2n) is 7.65. The first-order chi connectivity index (χ1) is 14.2. The molecule has 2 heterocycles. The van der Waals surface area contributed by atoms with Crippen molar-refractivity contribution >= 4 is 29.1 Å². The van der Waals surface area contributed by atoms with E-state index in [0.717, 1.165) is 21.2 Å². The molecule has 6 nitrogen and oxygen atoms in total. The molecule has 0 atom stereocenters. The number of hydrogen-bond acceptors (Lipinski definition) is 7. The summed E-state index contributed by atoms with van der Waals surface area (Å²) in [5, 5.41) is 11.2. The SMILES string of the molecule is CC(C)c1ccc(-c2cnc(OCCc3csc(SC(C)(C)C(=O)O)n3)nc2)cc1. The fourth-order valence-corrected chi connectivity index (χ4v) is 4.79. The summed E-state index contributed by atoms with van der Waals surface area (Å²) in [5.41, 5.74) is 4.18. The average molecular weight is 444 g/mol. The Morgan fingerprint density at radius 1 is 1.17 bits per heavy atom. The molecule has 3 aromatic rings. The molecule has 0 bridgehead atoms. The van der Waals surface area contributed by atoms with Crippen molar-refractivity contribution in [2.24, 2.45) is 0 Å². The topological polar surface area (TPSA) is 85.2 Å². The lowest BCUT2D eigenvalue weighted by Crippen LogP contribution is -2.26. The molecule has 1 aromatic carbocycles. The van der Waals surface area contributed by atoms with E-state index < -0.39 is 10.7 Å². The number of carboxylic acids is 1. The van der Waals surface area contributed by atoms with Crippen LogP contribution in [0.5, 0.6) is 6.01 Å². The van der Waals surface area contributed by atoms with Crippen molar-refractivity contribution < 1.29 is 14.6 Å². The third-order valence-corrected chi connectivity index (χ3v) is 6.69. The normalized spacial score (nSPS) is 11.6. The molecule has 1 N–H and O–H groups in total. The number of rotatable bonds is 9. The van der Waals surface area contributed by atoms with Crippen LogP contribution in [-0.4, -0.2) is 37.4 Å². The number of nitrogens with zero attached hydrogens (tertiary/aromatic N) is 3. The highest BCUT2D eigenvalue weighted by molar-refractivity contribution is 8.02. The van der Waals surface area contributed by atoms with Crippen LogP contribution in [0.15, 0.2) is 46.4 Å². The summed E-state index contributed by atoms with van der Waals surface area (Å²) in [6.45, 7) is 8.09. The molecule has 0 fully saturated rings. The van der Waals surface area contributed by atoms with Crippen molar-refractivity contribution in [1.29, 1.82) is 0 Å². The van der Waals surface area contributed by atoms with Gasteiger partial charge in [-0.25, -0.2) is 15.0 Å². The third kappa shape index (κ3) is 5.79. The maximum absolute atomic E-state index is 11.2. The molecule has 0 saturated heterocycles. The Balaban J connectivity index is 1.52. The van der Waals surface area contributed by atoms with Gasteiger partial charge in [0.15, 0.2) is 4.34 Å². The highest BCUT2D eigenvalue weighted by Gasteiger charge is 2.29. The third-order valence-electron chi connectivity index (χ3n) is 4.52. The summed E-state index contributed by atoms with van der Waals surface area (Å²) in [7, 11) is 0. The molecular formula is C22H25N3O3S2. The summed E-state index contributed by atoms with van der Waals surface area (Å²) in [4.78, 5) is 24.3. The first-order valence-corrected chi connectivity index (χ1v) is 11.4. The van der Waals surface area contributed by atoms with Gasteiger partial charge in [0, 0.05) is 29.8 Å². The zero-order valence-electron chi connectivity index (χ0n) is 17.5. The van der Waals surface area contributed by atoms with Gasteiger partial charge in [-0.1, -0.05) is 49.9 Å². The van der Waals surface area contributed by atoms with Crippen LogP contribution in [0.4, 0.5) is 0 Å². The Labute approximate surface area is 184 Å². The van der Waals surface area contributed by atoms with Crippen molar-refractivity contribution in [3.8, 4) is 17.1 Å². The van der Waals surface area contributed by atoms with Gasteiger partial charge >= 0.3 is 12.0 Å². The van der Waals surface area contributed by atoms with Crippen molar-refractivity contribution in [1.82, 2.24) is 15.0 Å². The van der Waals surface area contributed by atoms with Crippen LogP contribution in [0.3, 0.4) is 0 Å². The molecule has 8 heteroatoms. The van der Waals surface area contributed by atoms with E-state index >= 15 is 0 Å². The second-order valence-corrected chi connectivity index (χ2v) is 10.4. The lowest BCUT2D eigenvalue weighted by Gasteiger charge is -2.15. The quantitative estimate of drug-likeness (QED) is 0.449. The van der Waals surface area contributed by atoms with E-state index in [9.17, 15) is 9.90 Å². The predicted molar refractivity (Wildman–Crippen MR) is 120 cm³/mol. The van der Waals surface area contributed by atoms with Gasteiger partial charge in [0.25, 0.3) is 0 Å². The van der Waals surface area contributed by atoms with Crippen molar-refractivity contribution in [3.05, 3.63) is 53.3 Å². The largest absolute Gasteiger partial charge is 0.480 e. The standard InChI is InChI=1S/C22H25N3O3S2/c1-14(2)15-5-7-16(8-6-15)17-11-23-20(24-12-17)28-10-9-18-13-29-21(25-18)30-22(3,4)19(26)27/h5-8,11-14H,9-10H2,1-4H3,(H,26,27). The van der Waals surface area contributed by atoms with Crippen LogP contribution >= 0.6 is 23.1 Å². The summed E-state index contributed by atoms with van der Waals surface area (Å²) < 4.78 is 5.47. The smallest absolute Gasteiger partial charge is 0.319 e. The van der Waals surface area contributed by atoms with Gasteiger partial charge in [-0.2, -0.15) is 0 Å². The Hall–Kier alpha value is -2.45. The first kappa shape index (κ1) is 22.2. The van der Waals surface area contributed by atoms with Crippen LogP contribution in [-0.2, 0) is 11.2 Å². The van der Waals surface area contributed by atoms with E-state index in [1.54, 1.807) is 26.2 Å². The molecule has 0 radical (unpaired) electrons. The van der Waals surface area contributed by atoms with Gasteiger partial charge in [-0.3, -0.25) is 4.79 Å². The van der Waals surface area contributed by atoms with Gasteiger partial charge < -0.3 is 9.84 Å². The number of thioether (sulfide) groups is 1. The number of aliphatic carboxylic acids is 1. The lowest BCUT2D eigenvalue weighted by molar-refractivity contribution is -0.138. The Kier molecular flexibility index (Phi) is 7.10. The van der Waals surface area contributed by atoms with Crippen molar-refractivity contribution in [2.75, 3.05) is 6.61 Å². The monoisotopic (exact) mass is 443 g/mol. The fourth-order valence-electron chi connectivity index (χ4n) is 2.56. The van der Waals surface area contributed by atoms with Crippen molar-refractivity contribution in [2.45, 2.75) is 49.1 Å². The van der Waals surface area contributed by atoms with Crippen LogP contribution in [0, 0.1) is 0 Å². The minimum atomic E-state index is -0.906. The molecule has 0 aliphatic carbocycles. The number of aromatic nitrogens is 3. The molecule has 0 unspecified atom stereocenters. The second kappa shape index (κ2) is 9.57. The van der Waals surface area contributed by atoms with E-state index in [-0.39, 0.29) is 0 Å². The zero-order chi connectivity index (χ0) is 21.7. The molecule has 2 aromatic heterocycles. The van der Waals surface area contributed by atoms with Crippen LogP contribution in [0.25, 0.3) is 11.1 Å². The van der Waals surface area contributed by atoms with E-state index in [0.29, 0.717) is 25.0 Å². The van der Waals surface area contributed by atoms with Crippen LogP contribution < -0.4 is 4.74 Å². The van der Waals surface area contributed by atoms with Gasteiger partial charge in [0.05, 0.1) is 12.3 Å². The maximum Gasteiger partial charge on any atom is 0.319 e. The summed E-state index contributed by atoms with van der Waals surface area (Å²) in [6, 6.07) is 8.75. The fraction of sp³-hybridized carbons (Fsp3) is 0.364. The minimum absolute atomic E-state index is 0.328. The summed E-state index contributed by atoms with van der Waals surface area (Å²) in [5.74, 6) is -0.355. The highest BCUT2D eigenvalue weighted by Crippen LogP contribution is 2.34. The molecule has 3 rings (SSSR count). The Morgan fingerprint density at radius 2 is 1.83 bits per heavy atom. The van der Waals surface area contributed by atoms with Crippen LogP contribution in [0.2, 0.25) is 0 Å². The Bertz CT molecular complexity index is 984. The van der Waals surface area contributed by atoms with E-state index in [2.05, 4.69) is 53.1 Å². The van der Waals surface area contributed by atoms with Crippen molar-refractivity contribution in [3.63, 3.8) is 0 Å². The Morgan fingerprint density at radius 3 is 2.43 bits per heavy atom. The number of hydrogen-bond donors (Lipinski definition) is 1. The number of ether oxygens (including phenoxy) is 1. The molecule has 0 aliphatic heterocycles. The van der Waals surface area contributed by atoms with E-state index in [1.807, 2.05) is 5.38 Å². The maximum atomic E-state index is 11.2. The summed E-state index contributed by atoms with van der Waals surface area (Å²) >= 11 is 2.69. The first-order valence-electron chi connectivity index (χ1n) is 9.66. The molecule has 0 aliphatic rings. The van der Waals surface area contributed by atoms with Gasteiger partial charge in [-0.05, 0) is 30.9 Å².